The summed E-state index contributed by atoms with van der Waals surface area (Å²) in [6.45, 7) is 1.74. The van der Waals surface area contributed by atoms with Gasteiger partial charge in [0, 0.05) is 12.1 Å². The molecule has 3 rings (SSSR count). The van der Waals surface area contributed by atoms with E-state index in [1.807, 2.05) is 18.2 Å². The molecule has 0 aliphatic carbocycles. The highest BCUT2D eigenvalue weighted by molar-refractivity contribution is 7.92. The van der Waals surface area contributed by atoms with Gasteiger partial charge in [-0.3, -0.25) is 14.8 Å². The second-order valence-electron chi connectivity index (χ2n) is 5.62. The zero-order chi connectivity index (χ0) is 19.6. The van der Waals surface area contributed by atoms with E-state index in [1.54, 1.807) is 25.1 Å². The minimum Gasteiger partial charge on any atom is -0.495 e. The van der Waals surface area contributed by atoms with Gasteiger partial charge in [-0.15, -0.1) is 0 Å². The van der Waals surface area contributed by atoms with Crippen molar-refractivity contribution >= 4 is 21.5 Å². The van der Waals surface area contributed by atoms with E-state index in [1.165, 1.54) is 11.8 Å². The number of sulfonamides is 1. The first-order valence-corrected chi connectivity index (χ1v) is 9.27. The molecule has 0 aliphatic heterocycles. The number of nitrogens with one attached hydrogen (secondary N) is 1. The lowest BCUT2D eigenvalue weighted by atomic mass is 10.3. The number of nitrogens with zero attached hydrogens (tertiary/aromatic N) is 3. The highest BCUT2D eigenvalue weighted by Crippen LogP contribution is 2.30. The number of aryl methyl sites for hydroxylation is 1. The van der Waals surface area contributed by atoms with Crippen LogP contribution in [0.3, 0.4) is 0 Å². The number of benzene rings is 2. The highest BCUT2D eigenvalue weighted by Gasteiger charge is 2.24. The Kier molecular flexibility index (Phi) is 4.82. The molecule has 1 heterocycles. The molecule has 0 radical (unpaired) electrons. The summed E-state index contributed by atoms with van der Waals surface area (Å²) in [7, 11) is -2.83. The number of anilines is 1. The Morgan fingerprint density at radius 2 is 1.85 bits per heavy atom. The van der Waals surface area contributed by atoms with Crippen LogP contribution in [0.1, 0.15) is 5.69 Å². The van der Waals surface area contributed by atoms with Crippen LogP contribution in [0.15, 0.2) is 59.5 Å². The average Bonchev–Trinajstić information content (AvgIpc) is 3.01. The van der Waals surface area contributed by atoms with Crippen molar-refractivity contribution in [2.75, 3.05) is 11.8 Å². The van der Waals surface area contributed by atoms with Crippen molar-refractivity contribution in [1.82, 2.24) is 9.78 Å². The van der Waals surface area contributed by atoms with Crippen molar-refractivity contribution in [1.29, 1.82) is 0 Å². The summed E-state index contributed by atoms with van der Waals surface area (Å²) in [4.78, 5) is 10.1. The lowest BCUT2D eigenvalue weighted by Crippen LogP contribution is -2.17. The fourth-order valence-corrected chi connectivity index (χ4v) is 3.71. The summed E-state index contributed by atoms with van der Waals surface area (Å²) in [5, 5.41) is 15.2. The van der Waals surface area contributed by atoms with Crippen LogP contribution < -0.4 is 9.46 Å². The van der Waals surface area contributed by atoms with Crippen LogP contribution in [0.5, 0.6) is 5.75 Å². The SMILES string of the molecule is COc1cc([N+](=O)[O-])ccc1S(=O)(=O)Nc1cc(C)nn1-c1ccccc1. The minimum absolute atomic E-state index is 0.126. The lowest BCUT2D eigenvalue weighted by molar-refractivity contribution is -0.385. The fourth-order valence-electron chi connectivity index (χ4n) is 2.52. The molecule has 0 bridgehead atoms. The molecule has 3 aromatic rings. The van der Waals surface area contributed by atoms with E-state index in [-0.39, 0.29) is 22.2 Å². The third kappa shape index (κ3) is 3.75. The average molecular weight is 388 g/mol. The van der Waals surface area contributed by atoms with Gasteiger partial charge < -0.3 is 4.74 Å². The molecule has 0 fully saturated rings. The van der Waals surface area contributed by atoms with Gasteiger partial charge in [-0.05, 0) is 25.1 Å². The Labute approximate surface area is 155 Å². The van der Waals surface area contributed by atoms with E-state index in [4.69, 9.17) is 4.74 Å². The van der Waals surface area contributed by atoms with E-state index < -0.39 is 14.9 Å². The number of nitro benzene ring substituents is 1. The summed E-state index contributed by atoms with van der Waals surface area (Å²) >= 11 is 0. The maximum absolute atomic E-state index is 12.9. The van der Waals surface area contributed by atoms with Crippen LogP contribution >= 0.6 is 0 Å². The molecule has 0 saturated heterocycles. The Morgan fingerprint density at radius 3 is 2.48 bits per heavy atom. The zero-order valence-corrected chi connectivity index (χ0v) is 15.3. The molecular weight excluding hydrogens is 372 g/mol. The number of para-hydroxylation sites is 1. The lowest BCUT2D eigenvalue weighted by Gasteiger charge is -2.12. The predicted molar refractivity (Wildman–Crippen MR) is 98.8 cm³/mol. The fraction of sp³-hybridized carbons (Fsp3) is 0.118. The van der Waals surface area contributed by atoms with Crippen LogP contribution in [0.2, 0.25) is 0 Å². The molecule has 1 N–H and O–H groups in total. The highest BCUT2D eigenvalue weighted by atomic mass is 32.2. The van der Waals surface area contributed by atoms with Gasteiger partial charge in [-0.2, -0.15) is 5.10 Å². The summed E-state index contributed by atoms with van der Waals surface area (Å²) in [6, 6.07) is 13.9. The first-order chi connectivity index (χ1) is 12.8. The first kappa shape index (κ1) is 18.4. The number of ether oxygens (including phenoxy) is 1. The Hall–Kier alpha value is -3.40. The van der Waals surface area contributed by atoms with Gasteiger partial charge in [0.15, 0.2) is 0 Å². The van der Waals surface area contributed by atoms with Gasteiger partial charge in [0.05, 0.1) is 29.5 Å². The summed E-state index contributed by atoms with van der Waals surface area (Å²) in [6.07, 6.45) is 0. The largest absolute Gasteiger partial charge is 0.495 e. The second-order valence-corrected chi connectivity index (χ2v) is 7.27. The summed E-state index contributed by atoms with van der Waals surface area (Å²) < 4.78 is 34.7. The molecule has 2 aromatic carbocycles. The van der Waals surface area contributed by atoms with Gasteiger partial charge in [0.1, 0.15) is 16.5 Å². The van der Waals surface area contributed by atoms with E-state index in [2.05, 4.69) is 9.82 Å². The van der Waals surface area contributed by atoms with Crippen LogP contribution in [0.4, 0.5) is 11.5 Å². The second kappa shape index (κ2) is 7.08. The maximum Gasteiger partial charge on any atom is 0.273 e. The van der Waals surface area contributed by atoms with Gasteiger partial charge in [0.2, 0.25) is 0 Å². The van der Waals surface area contributed by atoms with E-state index in [0.717, 1.165) is 18.2 Å². The monoisotopic (exact) mass is 388 g/mol. The molecule has 0 spiro atoms. The van der Waals surface area contributed by atoms with E-state index in [9.17, 15) is 18.5 Å². The third-order valence-corrected chi connectivity index (χ3v) is 5.11. The topological polar surface area (TPSA) is 116 Å². The number of hydrogen-bond acceptors (Lipinski definition) is 6. The van der Waals surface area contributed by atoms with Crippen molar-refractivity contribution in [3.63, 3.8) is 0 Å². The molecule has 27 heavy (non-hydrogen) atoms. The minimum atomic E-state index is -4.07. The number of aromatic nitrogens is 2. The van der Waals surface area contributed by atoms with Crippen molar-refractivity contribution in [3.8, 4) is 11.4 Å². The third-order valence-electron chi connectivity index (χ3n) is 3.72. The molecule has 0 aliphatic rings. The van der Waals surface area contributed by atoms with Crippen molar-refractivity contribution in [3.05, 3.63) is 70.4 Å². The molecule has 0 amide bonds. The number of methoxy groups -OCH3 is 1. The molecule has 1 aromatic heterocycles. The predicted octanol–water partition coefficient (Wildman–Crippen LogP) is 2.90. The Bertz CT molecular complexity index is 1090. The smallest absolute Gasteiger partial charge is 0.273 e. The van der Waals surface area contributed by atoms with Crippen LogP contribution in [-0.4, -0.2) is 30.2 Å². The van der Waals surface area contributed by atoms with Gasteiger partial charge >= 0.3 is 0 Å². The van der Waals surface area contributed by atoms with Crippen molar-refractivity contribution < 1.29 is 18.1 Å². The zero-order valence-electron chi connectivity index (χ0n) is 14.5. The normalized spacial score (nSPS) is 11.2. The van der Waals surface area contributed by atoms with Crippen molar-refractivity contribution in [2.45, 2.75) is 11.8 Å². The first-order valence-electron chi connectivity index (χ1n) is 7.79. The molecule has 0 atom stereocenters. The molecule has 10 heteroatoms. The number of hydrogen-bond donors (Lipinski definition) is 1. The van der Waals surface area contributed by atoms with Gasteiger partial charge in [0.25, 0.3) is 15.7 Å². The van der Waals surface area contributed by atoms with Crippen LogP contribution in [0.25, 0.3) is 5.69 Å². The van der Waals surface area contributed by atoms with E-state index in [0.29, 0.717) is 11.4 Å². The number of non-ortho nitro benzene ring substituents is 1. The Morgan fingerprint density at radius 1 is 1.15 bits per heavy atom. The summed E-state index contributed by atoms with van der Waals surface area (Å²) in [5.74, 6) is 0.110. The Balaban J connectivity index is 2.03. The molecular formula is C17H16N4O5S. The molecule has 0 saturated carbocycles. The molecule has 140 valence electrons. The van der Waals surface area contributed by atoms with E-state index >= 15 is 0 Å². The van der Waals surface area contributed by atoms with Gasteiger partial charge in [-0.25, -0.2) is 13.1 Å². The molecule has 9 nitrogen and oxygen atoms in total. The van der Waals surface area contributed by atoms with Gasteiger partial charge in [-0.1, -0.05) is 18.2 Å². The maximum atomic E-state index is 12.9. The molecule has 0 unspecified atom stereocenters. The standard InChI is InChI=1S/C17H16N4O5S/c1-12-10-17(20(18-12)13-6-4-3-5-7-13)19-27(24,25)16-9-8-14(21(22)23)11-15(16)26-2/h3-11,19H,1-2H3. The van der Waals surface area contributed by atoms with Crippen LogP contribution in [0, 0.1) is 17.0 Å². The van der Waals surface area contributed by atoms with Crippen LogP contribution in [-0.2, 0) is 10.0 Å². The van der Waals surface area contributed by atoms with Crippen molar-refractivity contribution in [2.24, 2.45) is 0 Å². The summed E-state index contributed by atoms with van der Waals surface area (Å²) in [5.41, 5.74) is 1.03. The number of nitro groups is 1. The quantitative estimate of drug-likeness (QED) is 0.513. The number of rotatable bonds is 6.